The normalized spacial score (nSPS) is 11.0. The third-order valence-corrected chi connectivity index (χ3v) is 3.17. The minimum Gasteiger partial charge on any atom is -0.383 e. The summed E-state index contributed by atoms with van der Waals surface area (Å²) in [4.78, 5) is 12.6. The van der Waals surface area contributed by atoms with Gasteiger partial charge in [-0.3, -0.25) is 4.40 Å². The maximum atomic E-state index is 6.13. The summed E-state index contributed by atoms with van der Waals surface area (Å²) in [5.74, 6) is 0.577. The number of nitrogens with two attached hydrogens (primary N) is 1. The Morgan fingerprint density at radius 3 is 2.94 bits per heavy atom. The second-order valence-corrected chi connectivity index (χ2v) is 4.89. The first-order chi connectivity index (χ1) is 8.66. The van der Waals surface area contributed by atoms with Gasteiger partial charge < -0.3 is 5.73 Å². The highest BCUT2D eigenvalue weighted by Gasteiger charge is 2.13. The summed E-state index contributed by atoms with van der Waals surface area (Å²) in [6, 6.07) is 3.80. The molecule has 6 heteroatoms. The van der Waals surface area contributed by atoms with Gasteiger partial charge in [-0.1, -0.05) is 0 Å². The Kier molecular flexibility index (Phi) is 2.52. The zero-order valence-electron chi connectivity index (χ0n) is 9.63. The van der Waals surface area contributed by atoms with Crippen LogP contribution in [0.2, 0.25) is 0 Å². The van der Waals surface area contributed by atoms with Crippen LogP contribution in [0.15, 0.2) is 35.3 Å². The molecule has 0 radical (unpaired) electrons. The summed E-state index contributed by atoms with van der Waals surface area (Å²) in [6.07, 6.45) is 5.06. The molecule has 3 heterocycles. The first-order valence-corrected chi connectivity index (χ1v) is 6.16. The van der Waals surface area contributed by atoms with Crippen LogP contribution in [-0.2, 0) is 0 Å². The summed E-state index contributed by atoms with van der Waals surface area (Å²) in [7, 11) is 0. The largest absolute Gasteiger partial charge is 0.383 e. The molecule has 0 aliphatic carbocycles. The number of nitrogen functional groups attached to an aromatic ring is 1. The molecule has 3 aromatic heterocycles. The van der Waals surface area contributed by atoms with Crippen LogP contribution in [0, 0.1) is 6.92 Å². The number of imidazole rings is 1. The van der Waals surface area contributed by atoms with Gasteiger partial charge in [0.25, 0.3) is 0 Å². The zero-order chi connectivity index (χ0) is 12.7. The van der Waals surface area contributed by atoms with E-state index in [1.165, 1.54) is 6.33 Å². The highest BCUT2D eigenvalue weighted by atomic mass is 79.9. The first-order valence-electron chi connectivity index (χ1n) is 5.37. The molecule has 5 nitrogen and oxygen atoms in total. The van der Waals surface area contributed by atoms with Crippen molar-refractivity contribution in [2.45, 2.75) is 6.92 Å². The Morgan fingerprint density at radius 2 is 2.22 bits per heavy atom. The van der Waals surface area contributed by atoms with Crippen LogP contribution in [0.5, 0.6) is 0 Å². The SMILES string of the molecule is Cc1cc(Br)cn2c(N)c(-c3ccncn3)nc12. The van der Waals surface area contributed by atoms with E-state index in [1.54, 1.807) is 12.3 Å². The van der Waals surface area contributed by atoms with Crippen LogP contribution in [0.4, 0.5) is 5.82 Å². The second-order valence-electron chi connectivity index (χ2n) is 3.98. The summed E-state index contributed by atoms with van der Waals surface area (Å²) in [5, 5.41) is 0. The maximum Gasteiger partial charge on any atom is 0.142 e. The maximum absolute atomic E-state index is 6.13. The Balaban J connectivity index is 2.33. The number of pyridine rings is 1. The van der Waals surface area contributed by atoms with E-state index < -0.39 is 0 Å². The van der Waals surface area contributed by atoms with Crippen LogP contribution >= 0.6 is 15.9 Å². The van der Waals surface area contributed by atoms with Gasteiger partial charge in [-0.2, -0.15) is 0 Å². The Bertz CT molecular complexity index is 720. The molecule has 0 bridgehead atoms. The molecule has 0 atom stereocenters. The van der Waals surface area contributed by atoms with Gasteiger partial charge in [0.05, 0.1) is 5.69 Å². The zero-order valence-corrected chi connectivity index (χ0v) is 11.2. The van der Waals surface area contributed by atoms with Crippen molar-refractivity contribution in [1.29, 1.82) is 0 Å². The molecule has 18 heavy (non-hydrogen) atoms. The van der Waals surface area contributed by atoms with Crippen molar-refractivity contribution in [3.63, 3.8) is 0 Å². The molecule has 3 rings (SSSR count). The third-order valence-electron chi connectivity index (χ3n) is 2.73. The van der Waals surface area contributed by atoms with Crippen molar-refractivity contribution in [1.82, 2.24) is 19.4 Å². The molecule has 2 N–H and O–H groups in total. The van der Waals surface area contributed by atoms with Gasteiger partial charge in [0.2, 0.25) is 0 Å². The number of anilines is 1. The lowest BCUT2D eigenvalue weighted by Gasteiger charge is -2.00. The van der Waals surface area contributed by atoms with E-state index in [2.05, 4.69) is 30.9 Å². The van der Waals surface area contributed by atoms with E-state index in [9.17, 15) is 0 Å². The van der Waals surface area contributed by atoms with Gasteiger partial charge in [0.15, 0.2) is 0 Å². The minimum absolute atomic E-state index is 0.577. The molecule has 0 unspecified atom stereocenters. The number of aryl methyl sites for hydroxylation is 1. The first kappa shape index (κ1) is 11.2. The lowest BCUT2D eigenvalue weighted by Crippen LogP contribution is -1.95. The van der Waals surface area contributed by atoms with Crippen LogP contribution < -0.4 is 5.73 Å². The van der Waals surface area contributed by atoms with Crippen LogP contribution in [-0.4, -0.2) is 19.4 Å². The lowest BCUT2D eigenvalue weighted by molar-refractivity contribution is 1.16. The molecule has 0 aliphatic rings. The number of nitrogens with zero attached hydrogens (tertiary/aromatic N) is 4. The number of fused-ring (bicyclic) bond motifs is 1. The molecule has 0 saturated heterocycles. The van der Waals surface area contributed by atoms with Gasteiger partial charge >= 0.3 is 0 Å². The summed E-state index contributed by atoms with van der Waals surface area (Å²) in [5.41, 5.74) is 9.42. The average Bonchev–Trinajstić information content (AvgIpc) is 2.69. The smallest absolute Gasteiger partial charge is 0.142 e. The van der Waals surface area contributed by atoms with Crippen LogP contribution in [0.3, 0.4) is 0 Å². The molecule has 0 amide bonds. The molecular weight excluding hydrogens is 294 g/mol. The Labute approximate surface area is 112 Å². The monoisotopic (exact) mass is 303 g/mol. The predicted octanol–water partition coefficient (Wildman–Crippen LogP) is 2.44. The fourth-order valence-electron chi connectivity index (χ4n) is 1.91. The number of rotatable bonds is 1. The third kappa shape index (κ3) is 1.65. The van der Waals surface area contributed by atoms with E-state index in [4.69, 9.17) is 5.73 Å². The quantitative estimate of drug-likeness (QED) is 0.749. The highest BCUT2D eigenvalue weighted by molar-refractivity contribution is 9.10. The molecule has 0 aromatic carbocycles. The molecule has 3 aromatic rings. The summed E-state index contributed by atoms with van der Waals surface area (Å²) >= 11 is 3.45. The van der Waals surface area contributed by atoms with E-state index >= 15 is 0 Å². The summed E-state index contributed by atoms with van der Waals surface area (Å²) in [6.45, 7) is 2.00. The van der Waals surface area contributed by atoms with E-state index in [1.807, 2.05) is 23.6 Å². The van der Waals surface area contributed by atoms with Crippen molar-refractivity contribution in [2.24, 2.45) is 0 Å². The fourth-order valence-corrected chi connectivity index (χ4v) is 2.45. The molecule has 0 aliphatic heterocycles. The van der Waals surface area contributed by atoms with Crippen molar-refractivity contribution in [3.8, 4) is 11.4 Å². The molecule has 0 spiro atoms. The Morgan fingerprint density at radius 1 is 1.39 bits per heavy atom. The van der Waals surface area contributed by atoms with Crippen LogP contribution in [0.25, 0.3) is 17.0 Å². The van der Waals surface area contributed by atoms with E-state index in [-0.39, 0.29) is 0 Å². The van der Waals surface area contributed by atoms with Crippen molar-refractivity contribution in [3.05, 3.63) is 40.9 Å². The van der Waals surface area contributed by atoms with Gasteiger partial charge in [-0.15, -0.1) is 0 Å². The van der Waals surface area contributed by atoms with Crippen LogP contribution in [0.1, 0.15) is 5.56 Å². The molecule has 90 valence electrons. The number of hydrogen-bond acceptors (Lipinski definition) is 4. The number of halogens is 1. The van der Waals surface area contributed by atoms with E-state index in [0.29, 0.717) is 11.5 Å². The van der Waals surface area contributed by atoms with Gasteiger partial charge in [-0.05, 0) is 40.5 Å². The highest BCUT2D eigenvalue weighted by Crippen LogP contribution is 2.27. The van der Waals surface area contributed by atoms with Crippen molar-refractivity contribution >= 4 is 27.4 Å². The number of hydrogen-bond donors (Lipinski definition) is 1. The molecule has 0 saturated carbocycles. The van der Waals surface area contributed by atoms with Crippen molar-refractivity contribution in [2.75, 3.05) is 5.73 Å². The molecule has 0 fully saturated rings. The van der Waals surface area contributed by atoms with Crippen molar-refractivity contribution < 1.29 is 0 Å². The number of aromatic nitrogens is 4. The van der Waals surface area contributed by atoms with Gasteiger partial charge in [-0.25, -0.2) is 15.0 Å². The Hall–Kier alpha value is -1.95. The topological polar surface area (TPSA) is 69.1 Å². The lowest BCUT2D eigenvalue weighted by atomic mass is 10.3. The molecular formula is C12H10BrN5. The minimum atomic E-state index is 0.577. The summed E-state index contributed by atoms with van der Waals surface area (Å²) < 4.78 is 2.82. The second kappa shape index (κ2) is 4.06. The fraction of sp³-hybridized carbons (Fsp3) is 0.0833. The van der Waals surface area contributed by atoms with Gasteiger partial charge in [0.1, 0.15) is 23.5 Å². The standard InChI is InChI=1S/C12H10BrN5/c1-7-4-8(13)5-18-11(14)10(17-12(7)18)9-2-3-15-6-16-9/h2-6H,14H2,1H3. The predicted molar refractivity (Wildman–Crippen MR) is 73.1 cm³/mol. The van der Waals surface area contributed by atoms with Gasteiger partial charge in [0, 0.05) is 16.9 Å². The van der Waals surface area contributed by atoms with E-state index in [0.717, 1.165) is 21.4 Å². The average molecular weight is 304 g/mol.